The van der Waals surface area contributed by atoms with Gasteiger partial charge in [0.25, 0.3) is 0 Å². The highest BCUT2D eigenvalue weighted by Crippen LogP contribution is 2.16. The van der Waals surface area contributed by atoms with E-state index in [0.717, 1.165) is 25.1 Å². The molecule has 1 aliphatic heterocycles. The minimum atomic E-state index is -0.158. The summed E-state index contributed by atoms with van der Waals surface area (Å²) < 4.78 is 0. The Hall–Kier alpha value is -2.40. The van der Waals surface area contributed by atoms with Crippen LogP contribution in [0, 0.1) is 0 Å². The van der Waals surface area contributed by atoms with Gasteiger partial charge in [0, 0.05) is 25.8 Å². The number of nitrogen functional groups attached to an aromatic ring is 1. The number of nitrogens with zero attached hydrogens (tertiary/aromatic N) is 2. The van der Waals surface area contributed by atoms with Gasteiger partial charge in [-0.15, -0.1) is 0 Å². The Morgan fingerprint density at radius 1 is 1.22 bits per heavy atom. The fourth-order valence-electron chi connectivity index (χ4n) is 3.01. The van der Waals surface area contributed by atoms with Crippen LogP contribution in [0.2, 0.25) is 0 Å². The number of carbonyl (C=O) groups excluding carboxylic acids is 1. The molecule has 1 atom stereocenters. The van der Waals surface area contributed by atoms with E-state index >= 15 is 0 Å². The maximum atomic E-state index is 12.5. The summed E-state index contributed by atoms with van der Waals surface area (Å²) in [7, 11) is 0. The summed E-state index contributed by atoms with van der Waals surface area (Å²) in [5.41, 5.74) is 8.03. The van der Waals surface area contributed by atoms with E-state index < -0.39 is 0 Å². The van der Waals surface area contributed by atoms with Crippen molar-refractivity contribution in [3.8, 4) is 0 Å². The number of rotatable bonds is 4. The van der Waals surface area contributed by atoms with Crippen molar-refractivity contribution in [3.63, 3.8) is 0 Å². The van der Waals surface area contributed by atoms with Crippen LogP contribution in [0.3, 0.4) is 0 Å². The molecule has 1 fully saturated rings. The molecule has 1 aromatic carbocycles. The second-order valence-electron chi connectivity index (χ2n) is 5.91. The van der Waals surface area contributed by atoms with Gasteiger partial charge in [-0.05, 0) is 36.1 Å². The van der Waals surface area contributed by atoms with Crippen LogP contribution in [0.5, 0.6) is 0 Å². The number of hydrogen-bond acceptors (Lipinski definition) is 4. The molecule has 0 saturated carbocycles. The van der Waals surface area contributed by atoms with Crippen molar-refractivity contribution in [1.82, 2.24) is 15.2 Å². The van der Waals surface area contributed by atoms with Crippen molar-refractivity contribution >= 4 is 11.7 Å². The van der Waals surface area contributed by atoms with Crippen LogP contribution >= 0.6 is 0 Å². The van der Waals surface area contributed by atoms with E-state index in [-0.39, 0.29) is 11.9 Å². The molecule has 23 heavy (non-hydrogen) atoms. The molecule has 0 spiro atoms. The number of hydrogen-bond donors (Lipinski definition) is 2. The van der Waals surface area contributed by atoms with Crippen LogP contribution in [0.15, 0.2) is 48.7 Å². The molecule has 2 aromatic rings. The number of benzene rings is 1. The number of aromatic nitrogens is 1. The van der Waals surface area contributed by atoms with Gasteiger partial charge in [0.15, 0.2) is 0 Å². The van der Waals surface area contributed by atoms with E-state index in [0.29, 0.717) is 18.8 Å². The monoisotopic (exact) mass is 310 g/mol. The molecule has 0 bridgehead atoms. The maximum Gasteiger partial charge on any atom is 0.237 e. The molecule has 0 unspecified atom stereocenters. The molecule has 1 aliphatic rings. The van der Waals surface area contributed by atoms with Gasteiger partial charge in [0.2, 0.25) is 5.91 Å². The van der Waals surface area contributed by atoms with E-state index in [4.69, 9.17) is 5.73 Å². The molecule has 3 N–H and O–H groups in total. The Balaban J connectivity index is 1.80. The first-order valence-corrected chi connectivity index (χ1v) is 7.98. The molecule has 1 saturated heterocycles. The molecule has 5 nitrogen and oxygen atoms in total. The largest absolute Gasteiger partial charge is 0.384 e. The standard InChI is InChI=1S/C18H22N4O/c19-17-12-15(7-9-20-17)13-22-10-4-8-21-18(23)16(22)11-14-5-2-1-3-6-14/h1-3,5-7,9,12,16H,4,8,10-11,13H2,(H2,19,20)(H,21,23)/t16-/m0/s1. The average Bonchev–Trinajstić information content (AvgIpc) is 2.72. The van der Waals surface area contributed by atoms with E-state index in [1.165, 1.54) is 5.56 Å². The summed E-state index contributed by atoms with van der Waals surface area (Å²) in [4.78, 5) is 18.8. The Bertz CT molecular complexity index is 659. The first kappa shape index (κ1) is 15.5. The van der Waals surface area contributed by atoms with Gasteiger partial charge in [-0.3, -0.25) is 9.69 Å². The minimum absolute atomic E-state index is 0.105. The highest BCUT2D eigenvalue weighted by Gasteiger charge is 2.28. The highest BCUT2D eigenvalue weighted by atomic mass is 16.2. The third-order valence-corrected chi connectivity index (χ3v) is 4.17. The Kier molecular flexibility index (Phi) is 4.88. The summed E-state index contributed by atoms with van der Waals surface area (Å²) >= 11 is 0. The number of anilines is 1. The van der Waals surface area contributed by atoms with Crippen LogP contribution in [-0.2, 0) is 17.8 Å². The third-order valence-electron chi connectivity index (χ3n) is 4.17. The molecule has 1 aromatic heterocycles. The number of nitrogens with two attached hydrogens (primary N) is 1. The highest BCUT2D eigenvalue weighted by molar-refractivity contribution is 5.82. The topological polar surface area (TPSA) is 71.2 Å². The molecular formula is C18H22N4O. The SMILES string of the molecule is Nc1cc(CN2CCCNC(=O)[C@@H]2Cc2ccccc2)ccn1. The van der Waals surface area contributed by atoms with Crippen molar-refractivity contribution in [1.29, 1.82) is 0 Å². The van der Waals surface area contributed by atoms with Gasteiger partial charge in [0.1, 0.15) is 5.82 Å². The average molecular weight is 310 g/mol. The van der Waals surface area contributed by atoms with Crippen molar-refractivity contribution in [3.05, 3.63) is 59.8 Å². The minimum Gasteiger partial charge on any atom is -0.384 e. The normalized spacial score (nSPS) is 19.1. The predicted octanol–water partition coefficient (Wildman–Crippen LogP) is 1.60. The maximum absolute atomic E-state index is 12.5. The summed E-state index contributed by atoms with van der Waals surface area (Å²) in [5, 5.41) is 3.02. The van der Waals surface area contributed by atoms with Gasteiger partial charge in [0.05, 0.1) is 6.04 Å². The van der Waals surface area contributed by atoms with Crippen LogP contribution in [0.4, 0.5) is 5.82 Å². The van der Waals surface area contributed by atoms with E-state index in [9.17, 15) is 4.79 Å². The fourth-order valence-corrected chi connectivity index (χ4v) is 3.01. The molecule has 0 aliphatic carbocycles. The molecule has 5 heteroatoms. The number of carbonyl (C=O) groups is 1. The lowest BCUT2D eigenvalue weighted by atomic mass is 10.0. The Morgan fingerprint density at radius 2 is 2.04 bits per heavy atom. The van der Waals surface area contributed by atoms with Crippen molar-refractivity contribution in [2.45, 2.75) is 25.4 Å². The van der Waals surface area contributed by atoms with Crippen LogP contribution in [0.25, 0.3) is 0 Å². The zero-order valence-corrected chi connectivity index (χ0v) is 13.1. The molecule has 120 valence electrons. The van der Waals surface area contributed by atoms with Gasteiger partial charge < -0.3 is 11.1 Å². The second kappa shape index (κ2) is 7.24. The number of nitrogens with one attached hydrogen (secondary N) is 1. The quantitative estimate of drug-likeness (QED) is 0.900. The van der Waals surface area contributed by atoms with E-state index in [1.54, 1.807) is 6.20 Å². The molecule has 3 rings (SSSR count). The van der Waals surface area contributed by atoms with E-state index in [2.05, 4.69) is 27.3 Å². The van der Waals surface area contributed by atoms with Crippen molar-refractivity contribution < 1.29 is 4.79 Å². The molecular weight excluding hydrogens is 288 g/mol. The number of amides is 1. The van der Waals surface area contributed by atoms with Crippen LogP contribution in [-0.4, -0.2) is 34.9 Å². The fraction of sp³-hybridized carbons (Fsp3) is 0.333. The smallest absolute Gasteiger partial charge is 0.237 e. The summed E-state index contributed by atoms with van der Waals surface area (Å²) in [6, 6.07) is 13.8. The van der Waals surface area contributed by atoms with Gasteiger partial charge >= 0.3 is 0 Å². The van der Waals surface area contributed by atoms with E-state index in [1.807, 2.05) is 30.3 Å². The van der Waals surface area contributed by atoms with Gasteiger partial charge in [-0.25, -0.2) is 4.98 Å². The van der Waals surface area contributed by atoms with Crippen LogP contribution < -0.4 is 11.1 Å². The second-order valence-corrected chi connectivity index (χ2v) is 5.91. The first-order valence-electron chi connectivity index (χ1n) is 7.98. The van der Waals surface area contributed by atoms with Gasteiger partial charge in [-0.2, -0.15) is 0 Å². The predicted molar refractivity (Wildman–Crippen MR) is 90.6 cm³/mol. The molecule has 0 radical (unpaired) electrons. The van der Waals surface area contributed by atoms with Gasteiger partial charge in [-0.1, -0.05) is 30.3 Å². The lowest BCUT2D eigenvalue weighted by molar-refractivity contribution is -0.125. The Morgan fingerprint density at radius 3 is 2.83 bits per heavy atom. The van der Waals surface area contributed by atoms with Crippen molar-refractivity contribution in [2.24, 2.45) is 0 Å². The molecule has 2 heterocycles. The zero-order chi connectivity index (χ0) is 16.1. The molecule has 1 amide bonds. The summed E-state index contributed by atoms with van der Waals surface area (Å²) in [6.07, 6.45) is 3.39. The van der Waals surface area contributed by atoms with Crippen LogP contribution in [0.1, 0.15) is 17.5 Å². The summed E-state index contributed by atoms with van der Waals surface area (Å²) in [5.74, 6) is 0.620. The first-order chi connectivity index (χ1) is 11.2. The zero-order valence-electron chi connectivity index (χ0n) is 13.1. The lowest BCUT2D eigenvalue weighted by Crippen LogP contribution is -2.45. The summed E-state index contributed by atoms with van der Waals surface area (Å²) in [6.45, 7) is 2.33. The van der Waals surface area contributed by atoms with Crippen molar-refractivity contribution in [2.75, 3.05) is 18.8 Å². The third kappa shape index (κ3) is 4.07. The Labute approximate surface area is 136 Å². The number of pyridine rings is 1. The lowest BCUT2D eigenvalue weighted by Gasteiger charge is -2.28.